The van der Waals surface area contributed by atoms with Crippen LogP contribution >= 0.6 is 0 Å². The highest BCUT2D eigenvalue weighted by Gasteiger charge is 2.23. The fourth-order valence-electron chi connectivity index (χ4n) is 4.14. The molecule has 0 amide bonds. The molecule has 0 atom stereocenters. The summed E-state index contributed by atoms with van der Waals surface area (Å²) in [5, 5.41) is 0. The van der Waals surface area contributed by atoms with Gasteiger partial charge in [0.1, 0.15) is 24.7 Å². The molecule has 0 aliphatic carbocycles. The van der Waals surface area contributed by atoms with Crippen LogP contribution in [0, 0.1) is 0 Å². The first-order chi connectivity index (χ1) is 17.9. The molecule has 0 saturated carbocycles. The molecule has 2 N–H and O–H groups in total. The predicted molar refractivity (Wildman–Crippen MR) is 146 cm³/mol. The third-order valence-corrected chi connectivity index (χ3v) is 6.57. The van der Waals surface area contributed by atoms with Gasteiger partial charge in [0.05, 0.1) is 12.7 Å². The molecule has 0 fully saturated rings. The smallest absolute Gasteiger partial charge is 0.337 e. The van der Waals surface area contributed by atoms with Gasteiger partial charge in [-0.05, 0) is 70.3 Å². The van der Waals surface area contributed by atoms with Gasteiger partial charge < -0.3 is 19.9 Å². The first kappa shape index (κ1) is 26.0. The first-order valence-electron chi connectivity index (χ1n) is 12.3. The minimum atomic E-state index is -0.332. The zero-order chi connectivity index (χ0) is 26.3. The summed E-state index contributed by atoms with van der Waals surface area (Å²) >= 11 is 0. The molecular weight excluding hydrogens is 462 g/mol. The van der Waals surface area contributed by atoms with Gasteiger partial charge in [0, 0.05) is 12.0 Å². The largest absolute Gasteiger partial charge is 0.489 e. The van der Waals surface area contributed by atoms with Gasteiger partial charge in [0.2, 0.25) is 0 Å². The second-order valence-electron chi connectivity index (χ2n) is 9.46. The van der Waals surface area contributed by atoms with Crippen LogP contribution in [0.2, 0.25) is 0 Å². The molecule has 190 valence electrons. The summed E-state index contributed by atoms with van der Waals surface area (Å²) in [5.41, 5.74) is 11.5. The zero-order valence-electron chi connectivity index (χ0n) is 21.6. The standard InChI is InChI=1S/C32H33NO4/c1-32(2,27-11-9-26(10-12-27)31(34)35-3)28-13-17-30(18-14-28)37-22-25-6-4-5-24(19-25)21-36-29-15-7-23(20-33)8-16-29/h4-19H,20-22,33H2,1-3H3. The number of esters is 1. The van der Waals surface area contributed by atoms with Gasteiger partial charge in [-0.15, -0.1) is 0 Å². The lowest BCUT2D eigenvalue weighted by atomic mass is 9.78. The SMILES string of the molecule is COC(=O)c1ccc(C(C)(C)c2ccc(OCc3cccc(COc4ccc(CN)cc4)c3)cc2)cc1. The maximum absolute atomic E-state index is 11.7. The van der Waals surface area contributed by atoms with Crippen LogP contribution in [0.5, 0.6) is 11.5 Å². The number of ether oxygens (including phenoxy) is 3. The second kappa shape index (κ2) is 11.8. The minimum absolute atomic E-state index is 0.230. The molecule has 4 aromatic rings. The number of benzene rings is 4. The van der Waals surface area contributed by atoms with E-state index < -0.39 is 0 Å². The molecule has 0 spiro atoms. The molecule has 0 bridgehead atoms. The van der Waals surface area contributed by atoms with Gasteiger partial charge in [0.25, 0.3) is 0 Å². The zero-order valence-corrected chi connectivity index (χ0v) is 21.6. The van der Waals surface area contributed by atoms with Crippen molar-refractivity contribution in [1.29, 1.82) is 0 Å². The van der Waals surface area contributed by atoms with E-state index >= 15 is 0 Å². The van der Waals surface area contributed by atoms with Crippen molar-refractivity contribution >= 4 is 5.97 Å². The minimum Gasteiger partial charge on any atom is -0.489 e. The molecule has 0 aliphatic rings. The van der Waals surface area contributed by atoms with Crippen molar-refractivity contribution < 1.29 is 19.0 Å². The summed E-state index contributed by atoms with van der Waals surface area (Å²) in [6.07, 6.45) is 0. The Hall–Kier alpha value is -4.09. The Morgan fingerprint density at radius 3 is 1.68 bits per heavy atom. The van der Waals surface area contributed by atoms with E-state index in [0.717, 1.165) is 39.3 Å². The Bertz CT molecular complexity index is 1310. The van der Waals surface area contributed by atoms with Crippen LogP contribution in [0.15, 0.2) is 97.1 Å². The van der Waals surface area contributed by atoms with Crippen LogP contribution in [0.1, 0.15) is 52.0 Å². The van der Waals surface area contributed by atoms with E-state index in [1.165, 1.54) is 7.11 Å². The summed E-state index contributed by atoms with van der Waals surface area (Å²) in [5.74, 6) is 1.30. The van der Waals surface area contributed by atoms with Crippen LogP contribution in [-0.2, 0) is 29.9 Å². The second-order valence-corrected chi connectivity index (χ2v) is 9.46. The van der Waals surface area contributed by atoms with E-state index in [4.69, 9.17) is 19.9 Å². The Morgan fingerprint density at radius 2 is 1.19 bits per heavy atom. The van der Waals surface area contributed by atoms with Crippen molar-refractivity contribution in [3.8, 4) is 11.5 Å². The van der Waals surface area contributed by atoms with E-state index in [1.807, 2.05) is 60.7 Å². The van der Waals surface area contributed by atoms with Gasteiger partial charge in [-0.1, -0.05) is 68.4 Å². The quantitative estimate of drug-likeness (QED) is 0.257. The van der Waals surface area contributed by atoms with Crippen molar-refractivity contribution in [2.75, 3.05) is 7.11 Å². The Kier molecular flexibility index (Phi) is 8.26. The molecule has 4 aromatic carbocycles. The number of methoxy groups -OCH3 is 1. The van der Waals surface area contributed by atoms with Crippen molar-refractivity contribution in [3.05, 3.63) is 130 Å². The lowest BCUT2D eigenvalue weighted by Crippen LogP contribution is -2.19. The van der Waals surface area contributed by atoms with E-state index in [2.05, 4.69) is 38.1 Å². The number of hydrogen-bond donors (Lipinski definition) is 1. The van der Waals surface area contributed by atoms with Gasteiger partial charge >= 0.3 is 5.97 Å². The average molecular weight is 496 g/mol. The van der Waals surface area contributed by atoms with Gasteiger partial charge in [-0.2, -0.15) is 0 Å². The molecule has 0 heterocycles. The van der Waals surface area contributed by atoms with Gasteiger partial charge in [0.15, 0.2) is 0 Å². The van der Waals surface area contributed by atoms with Crippen LogP contribution < -0.4 is 15.2 Å². The van der Waals surface area contributed by atoms with E-state index in [1.54, 1.807) is 12.1 Å². The number of hydrogen-bond acceptors (Lipinski definition) is 5. The average Bonchev–Trinajstić information content (AvgIpc) is 2.95. The van der Waals surface area contributed by atoms with Crippen LogP contribution in [0.4, 0.5) is 0 Å². The molecule has 4 rings (SSSR count). The van der Waals surface area contributed by atoms with Crippen molar-refractivity contribution in [2.45, 2.75) is 39.0 Å². The fraction of sp³-hybridized carbons (Fsp3) is 0.219. The first-order valence-corrected chi connectivity index (χ1v) is 12.3. The van der Waals surface area contributed by atoms with E-state index in [-0.39, 0.29) is 11.4 Å². The lowest BCUT2D eigenvalue weighted by Gasteiger charge is -2.26. The van der Waals surface area contributed by atoms with Gasteiger partial charge in [-0.3, -0.25) is 0 Å². The molecular formula is C32H33NO4. The lowest BCUT2D eigenvalue weighted by molar-refractivity contribution is 0.0600. The summed E-state index contributed by atoms with van der Waals surface area (Å²) in [6.45, 7) is 5.80. The highest BCUT2D eigenvalue weighted by Crippen LogP contribution is 2.32. The molecule has 5 heteroatoms. The Balaban J connectivity index is 1.34. The molecule has 0 unspecified atom stereocenters. The van der Waals surface area contributed by atoms with Gasteiger partial charge in [-0.25, -0.2) is 4.79 Å². The predicted octanol–water partition coefficient (Wildman–Crippen LogP) is 6.42. The third kappa shape index (κ3) is 6.57. The molecule has 37 heavy (non-hydrogen) atoms. The summed E-state index contributed by atoms with van der Waals surface area (Å²) in [7, 11) is 1.39. The highest BCUT2D eigenvalue weighted by atomic mass is 16.5. The van der Waals surface area contributed by atoms with Crippen LogP contribution in [-0.4, -0.2) is 13.1 Å². The topological polar surface area (TPSA) is 70.8 Å². The molecule has 0 aliphatic heterocycles. The Morgan fingerprint density at radius 1 is 0.703 bits per heavy atom. The third-order valence-electron chi connectivity index (χ3n) is 6.57. The number of rotatable bonds is 10. The fourth-order valence-corrected chi connectivity index (χ4v) is 4.14. The molecule has 0 radical (unpaired) electrons. The molecule has 5 nitrogen and oxygen atoms in total. The normalized spacial score (nSPS) is 11.1. The van der Waals surface area contributed by atoms with E-state index in [0.29, 0.717) is 25.3 Å². The molecule has 0 aromatic heterocycles. The maximum atomic E-state index is 11.7. The number of carbonyl (C=O) groups excluding carboxylic acids is 1. The number of nitrogens with two attached hydrogens (primary N) is 1. The van der Waals surface area contributed by atoms with Crippen LogP contribution in [0.25, 0.3) is 0 Å². The van der Waals surface area contributed by atoms with Crippen LogP contribution in [0.3, 0.4) is 0 Å². The van der Waals surface area contributed by atoms with Crippen molar-refractivity contribution in [2.24, 2.45) is 5.73 Å². The number of carbonyl (C=O) groups is 1. The summed E-state index contributed by atoms with van der Waals surface area (Å²) < 4.78 is 16.8. The van der Waals surface area contributed by atoms with E-state index in [9.17, 15) is 4.79 Å². The maximum Gasteiger partial charge on any atom is 0.337 e. The highest BCUT2D eigenvalue weighted by molar-refractivity contribution is 5.89. The van der Waals surface area contributed by atoms with Crippen molar-refractivity contribution in [3.63, 3.8) is 0 Å². The van der Waals surface area contributed by atoms with Crippen molar-refractivity contribution in [1.82, 2.24) is 0 Å². The Labute approximate surface area is 218 Å². The summed E-state index contributed by atoms with van der Waals surface area (Å²) in [4.78, 5) is 11.7. The molecule has 0 saturated heterocycles. The monoisotopic (exact) mass is 495 g/mol. The summed E-state index contributed by atoms with van der Waals surface area (Å²) in [6, 6.07) is 31.8.